The minimum atomic E-state index is -1.83. The van der Waals surface area contributed by atoms with Gasteiger partial charge < -0.3 is 20.1 Å². The standard InChI is InChI=1S/C4H8O2.CH2O3/c5-4-1-2-6-3-4;2-1(3)4/h4-5H,1-3H2;(H2,2,3,4)/t4-;/m0./s1. The number of carboxylic acid groups (broad SMARTS) is 2. The van der Waals surface area contributed by atoms with Crippen molar-refractivity contribution in [1.82, 2.24) is 0 Å². The normalized spacial score (nSPS) is 23.1. The van der Waals surface area contributed by atoms with E-state index in [1.807, 2.05) is 0 Å². The third kappa shape index (κ3) is 7.19. The number of aliphatic hydroxyl groups is 1. The van der Waals surface area contributed by atoms with Gasteiger partial charge in [-0.15, -0.1) is 0 Å². The van der Waals surface area contributed by atoms with Crippen LogP contribution in [0, 0.1) is 0 Å². The summed E-state index contributed by atoms with van der Waals surface area (Å²) in [5.74, 6) is 0. The highest BCUT2D eigenvalue weighted by Gasteiger charge is 2.09. The Kier molecular flexibility index (Phi) is 4.61. The maximum atomic E-state index is 8.60. The molecular weight excluding hydrogens is 140 g/mol. The summed E-state index contributed by atoms with van der Waals surface area (Å²) in [5.41, 5.74) is 0. The van der Waals surface area contributed by atoms with Crippen molar-refractivity contribution in [1.29, 1.82) is 0 Å². The molecule has 3 N–H and O–H groups in total. The van der Waals surface area contributed by atoms with Gasteiger partial charge in [-0.05, 0) is 6.42 Å². The molecule has 0 spiro atoms. The molecule has 5 heteroatoms. The van der Waals surface area contributed by atoms with Crippen LogP contribution in [0.15, 0.2) is 0 Å². The van der Waals surface area contributed by atoms with Gasteiger partial charge in [-0.1, -0.05) is 0 Å². The molecule has 0 aromatic rings. The molecule has 1 saturated heterocycles. The van der Waals surface area contributed by atoms with Crippen molar-refractivity contribution in [3.8, 4) is 0 Å². The van der Waals surface area contributed by atoms with Crippen LogP contribution in [-0.4, -0.2) is 40.8 Å². The zero-order chi connectivity index (χ0) is 7.98. The number of hydrogen-bond acceptors (Lipinski definition) is 3. The summed E-state index contributed by atoms with van der Waals surface area (Å²) >= 11 is 0. The Hall–Kier alpha value is -0.810. The average molecular weight is 150 g/mol. The lowest BCUT2D eigenvalue weighted by Gasteiger charge is -1.89. The fourth-order valence-electron chi connectivity index (χ4n) is 0.522. The fraction of sp³-hybridized carbons (Fsp3) is 0.800. The van der Waals surface area contributed by atoms with Crippen molar-refractivity contribution in [2.75, 3.05) is 13.2 Å². The highest BCUT2D eigenvalue weighted by molar-refractivity contribution is 5.53. The molecule has 1 aliphatic rings. The van der Waals surface area contributed by atoms with Crippen molar-refractivity contribution in [2.24, 2.45) is 0 Å². The van der Waals surface area contributed by atoms with Crippen molar-refractivity contribution >= 4 is 6.16 Å². The van der Waals surface area contributed by atoms with E-state index in [0.29, 0.717) is 6.61 Å². The second kappa shape index (κ2) is 5.01. The van der Waals surface area contributed by atoms with Crippen LogP contribution in [0.3, 0.4) is 0 Å². The summed E-state index contributed by atoms with van der Waals surface area (Å²) in [4.78, 5) is 8.56. The lowest BCUT2D eigenvalue weighted by Crippen LogP contribution is -2.02. The molecule has 1 fully saturated rings. The first-order chi connectivity index (χ1) is 4.63. The van der Waals surface area contributed by atoms with Gasteiger partial charge in [-0.25, -0.2) is 4.79 Å². The summed E-state index contributed by atoms with van der Waals surface area (Å²) in [6.45, 7) is 1.28. The molecule has 0 amide bonds. The number of hydrogen-bond donors (Lipinski definition) is 3. The zero-order valence-electron chi connectivity index (χ0n) is 5.36. The Morgan fingerprint density at radius 3 is 2.10 bits per heavy atom. The van der Waals surface area contributed by atoms with Crippen LogP contribution in [0.1, 0.15) is 6.42 Å². The molecule has 0 aromatic carbocycles. The van der Waals surface area contributed by atoms with E-state index in [1.165, 1.54) is 0 Å². The first kappa shape index (κ1) is 9.19. The number of aliphatic hydroxyl groups excluding tert-OH is 1. The molecule has 10 heavy (non-hydrogen) atoms. The summed E-state index contributed by atoms with van der Waals surface area (Å²) in [6, 6.07) is 0. The largest absolute Gasteiger partial charge is 0.503 e. The molecule has 5 nitrogen and oxygen atoms in total. The van der Waals surface area contributed by atoms with Gasteiger partial charge in [0, 0.05) is 6.61 Å². The molecular formula is C5H10O5. The van der Waals surface area contributed by atoms with E-state index in [-0.39, 0.29) is 6.10 Å². The van der Waals surface area contributed by atoms with Crippen LogP contribution >= 0.6 is 0 Å². The van der Waals surface area contributed by atoms with Gasteiger partial charge in [-0.2, -0.15) is 0 Å². The molecule has 0 bridgehead atoms. The first-order valence-corrected chi connectivity index (χ1v) is 2.80. The van der Waals surface area contributed by atoms with E-state index < -0.39 is 6.16 Å². The maximum Gasteiger partial charge on any atom is 0.503 e. The average Bonchev–Trinajstić information content (AvgIpc) is 2.15. The Balaban J connectivity index is 0.000000180. The van der Waals surface area contributed by atoms with Gasteiger partial charge in [0.2, 0.25) is 0 Å². The lowest BCUT2D eigenvalue weighted by atomic mass is 10.3. The van der Waals surface area contributed by atoms with Crippen LogP contribution in [-0.2, 0) is 4.74 Å². The Bertz CT molecular complexity index is 92.2. The predicted molar refractivity (Wildman–Crippen MR) is 32.1 cm³/mol. The van der Waals surface area contributed by atoms with E-state index in [0.717, 1.165) is 13.0 Å². The molecule has 0 unspecified atom stereocenters. The third-order valence-corrected chi connectivity index (χ3v) is 0.906. The monoisotopic (exact) mass is 150 g/mol. The van der Waals surface area contributed by atoms with Gasteiger partial charge in [0.1, 0.15) is 0 Å². The van der Waals surface area contributed by atoms with E-state index in [4.69, 9.17) is 24.9 Å². The van der Waals surface area contributed by atoms with Gasteiger partial charge in [0.05, 0.1) is 12.7 Å². The quantitative estimate of drug-likeness (QED) is 0.452. The molecule has 0 aromatic heterocycles. The zero-order valence-corrected chi connectivity index (χ0v) is 5.36. The number of rotatable bonds is 0. The number of ether oxygens (including phenoxy) is 1. The van der Waals surface area contributed by atoms with Crippen molar-refractivity contribution in [3.63, 3.8) is 0 Å². The fourth-order valence-corrected chi connectivity index (χ4v) is 0.522. The lowest BCUT2D eigenvalue weighted by molar-refractivity contribution is 0.127. The summed E-state index contributed by atoms with van der Waals surface area (Å²) in [5, 5.41) is 22.5. The Morgan fingerprint density at radius 2 is 2.00 bits per heavy atom. The highest BCUT2D eigenvalue weighted by atomic mass is 16.6. The molecule has 60 valence electrons. The number of carbonyl (C=O) groups is 1. The minimum absolute atomic E-state index is 0.176. The second-order valence-corrected chi connectivity index (χ2v) is 1.80. The van der Waals surface area contributed by atoms with Gasteiger partial charge in [0.15, 0.2) is 0 Å². The molecule has 0 radical (unpaired) electrons. The molecule has 1 aliphatic heterocycles. The molecule has 1 atom stereocenters. The third-order valence-electron chi connectivity index (χ3n) is 0.906. The molecule has 1 heterocycles. The van der Waals surface area contributed by atoms with Crippen LogP contribution < -0.4 is 0 Å². The maximum absolute atomic E-state index is 8.60. The summed E-state index contributed by atoms with van der Waals surface area (Å²) in [6.07, 6.45) is -1.19. The van der Waals surface area contributed by atoms with E-state index in [9.17, 15) is 0 Å². The van der Waals surface area contributed by atoms with Crippen LogP contribution in [0.5, 0.6) is 0 Å². The van der Waals surface area contributed by atoms with E-state index in [2.05, 4.69) is 0 Å². The van der Waals surface area contributed by atoms with Gasteiger partial charge in [-0.3, -0.25) is 0 Å². The first-order valence-electron chi connectivity index (χ1n) is 2.80. The second-order valence-electron chi connectivity index (χ2n) is 1.80. The minimum Gasteiger partial charge on any atom is -0.450 e. The Labute approximate surface area is 57.9 Å². The predicted octanol–water partition coefficient (Wildman–Crippen LogP) is -0.0100. The van der Waals surface area contributed by atoms with Gasteiger partial charge >= 0.3 is 6.16 Å². The van der Waals surface area contributed by atoms with Gasteiger partial charge in [0.25, 0.3) is 0 Å². The molecule has 0 aliphatic carbocycles. The smallest absolute Gasteiger partial charge is 0.450 e. The van der Waals surface area contributed by atoms with Crippen LogP contribution in [0.2, 0.25) is 0 Å². The van der Waals surface area contributed by atoms with E-state index in [1.54, 1.807) is 0 Å². The highest BCUT2D eigenvalue weighted by Crippen LogP contribution is 2.00. The summed E-state index contributed by atoms with van der Waals surface area (Å²) in [7, 11) is 0. The van der Waals surface area contributed by atoms with Crippen LogP contribution in [0.25, 0.3) is 0 Å². The molecule has 0 saturated carbocycles. The van der Waals surface area contributed by atoms with Crippen molar-refractivity contribution in [2.45, 2.75) is 12.5 Å². The SMILES string of the molecule is O=C(O)O.O[C@H]1CCOC1. The molecule has 1 rings (SSSR count). The van der Waals surface area contributed by atoms with Crippen LogP contribution in [0.4, 0.5) is 4.79 Å². The van der Waals surface area contributed by atoms with Crippen molar-refractivity contribution in [3.05, 3.63) is 0 Å². The van der Waals surface area contributed by atoms with E-state index >= 15 is 0 Å². The van der Waals surface area contributed by atoms with Crippen molar-refractivity contribution < 1.29 is 24.9 Å². The topological polar surface area (TPSA) is 87.0 Å². The Morgan fingerprint density at radius 1 is 1.50 bits per heavy atom. The summed E-state index contributed by atoms with van der Waals surface area (Å²) < 4.78 is 4.81.